The number of ether oxygens (including phenoxy) is 2. The molecule has 4 aliphatic carbocycles. The fourth-order valence-electron chi connectivity index (χ4n) is 9.37. The first-order chi connectivity index (χ1) is 15.2. The van der Waals surface area contributed by atoms with E-state index in [2.05, 4.69) is 13.8 Å². The lowest BCUT2D eigenvalue weighted by Gasteiger charge is -2.68. The van der Waals surface area contributed by atoms with E-state index in [1.54, 1.807) is 12.1 Å². The minimum absolute atomic E-state index is 0.0110. The van der Waals surface area contributed by atoms with Gasteiger partial charge in [-0.2, -0.15) is 0 Å². The van der Waals surface area contributed by atoms with Crippen molar-refractivity contribution in [2.75, 3.05) is 13.2 Å². The molecule has 4 saturated carbocycles. The SMILES string of the molecule is C[C@@]12CO[C@H](c3ccc(O)cc3)O[C@@H]1CC[C@@]1(C)[C@H]2CC[C@H]2CC3C[C@@]21CC[C@]3(O)CO. The van der Waals surface area contributed by atoms with Gasteiger partial charge in [0.25, 0.3) is 0 Å². The van der Waals surface area contributed by atoms with Gasteiger partial charge in [0.05, 0.1) is 24.9 Å². The Balaban J connectivity index is 1.28. The van der Waals surface area contributed by atoms with Crippen molar-refractivity contribution in [3.8, 4) is 5.75 Å². The normalized spacial score (nSPS) is 52.1. The maximum atomic E-state index is 11.1. The Morgan fingerprint density at radius 2 is 1.78 bits per heavy atom. The van der Waals surface area contributed by atoms with Gasteiger partial charge in [0.1, 0.15) is 5.75 Å². The van der Waals surface area contributed by atoms with E-state index in [-0.39, 0.29) is 46.9 Å². The molecule has 5 fully saturated rings. The van der Waals surface area contributed by atoms with E-state index in [4.69, 9.17) is 9.47 Å². The lowest BCUT2D eigenvalue weighted by atomic mass is 9.39. The van der Waals surface area contributed by atoms with Crippen LogP contribution in [0.3, 0.4) is 0 Å². The molecule has 9 atom stereocenters. The summed E-state index contributed by atoms with van der Waals surface area (Å²) in [5.74, 6) is 1.72. The van der Waals surface area contributed by atoms with Crippen LogP contribution in [0.15, 0.2) is 24.3 Å². The number of phenols is 1. The van der Waals surface area contributed by atoms with Crippen LogP contribution in [-0.4, -0.2) is 40.2 Å². The van der Waals surface area contributed by atoms with Crippen molar-refractivity contribution >= 4 is 0 Å². The van der Waals surface area contributed by atoms with Gasteiger partial charge < -0.3 is 24.8 Å². The third-order valence-corrected chi connectivity index (χ3v) is 11.2. The molecule has 32 heavy (non-hydrogen) atoms. The molecule has 0 radical (unpaired) electrons. The van der Waals surface area contributed by atoms with Crippen LogP contribution >= 0.6 is 0 Å². The number of benzene rings is 1. The summed E-state index contributed by atoms with van der Waals surface area (Å²) in [6.07, 6.45) is 8.38. The Morgan fingerprint density at radius 3 is 2.53 bits per heavy atom. The number of aromatic hydroxyl groups is 1. The third kappa shape index (κ3) is 2.65. The summed E-state index contributed by atoms with van der Waals surface area (Å²) in [4.78, 5) is 0. The van der Waals surface area contributed by atoms with Gasteiger partial charge in [0, 0.05) is 11.0 Å². The van der Waals surface area contributed by atoms with Crippen LogP contribution in [0.1, 0.15) is 77.1 Å². The fraction of sp³-hybridized carbons (Fsp3) is 0.778. The van der Waals surface area contributed by atoms with Gasteiger partial charge in [0.15, 0.2) is 6.29 Å². The number of hydrogen-bond donors (Lipinski definition) is 3. The molecular weight excluding hydrogens is 404 g/mol. The molecule has 1 aromatic rings. The first-order valence-electron chi connectivity index (χ1n) is 12.6. The highest BCUT2D eigenvalue weighted by Crippen LogP contribution is 2.75. The molecule has 5 aliphatic rings. The first kappa shape index (κ1) is 21.4. The molecule has 3 N–H and O–H groups in total. The van der Waals surface area contributed by atoms with Gasteiger partial charge in [-0.1, -0.05) is 26.0 Å². The smallest absolute Gasteiger partial charge is 0.184 e. The van der Waals surface area contributed by atoms with Gasteiger partial charge in [-0.3, -0.25) is 0 Å². The summed E-state index contributed by atoms with van der Waals surface area (Å²) in [6, 6.07) is 7.17. The van der Waals surface area contributed by atoms with Crippen LogP contribution in [0.25, 0.3) is 0 Å². The van der Waals surface area contributed by atoms with E-state index in [1.807, 2.05) is 12.1 Å². The highest BCUT2D eigenvalue weighted by atomic mass is 16.7. The predicted octanol–water partition coefficient (Wildman–Crippen LogP) is 4.55. The maximum absolute atomic E-state index is 11.1. The maximum Gasteiger partial charge on any atom is 0.184 e. The zero-order chi connectivity index (χ0) is 22.4. The zero-order valence-corrected chi connectivity index (χ0v) is 19.4. The van der Waals surface area contributed by atoms with Crippen LogP contribution in [0.5, 0.6) is 5.75 Å². The number of rotatable bonds is 2. The van der Waals surface area contributed by atoms with E-state index in [0.29, 0.717) is 18.4 Å². The fourth-order valence-corrected chi connectivity index (χ4v) is 9.37. The van der Waals surface area contributed by atoms with E-state index >= 15 is 0 Å². The number of aliphatic hydroxyl groups is 2. The molecule has 0 amide bonds. The largest absolute Gasteiger partial charge is 0.508 e. The minimum Gasteiger partial charge on any atom is -0.508 e. The standard InChI is InChI=1S/C27H38O5/c1-24-16-31-23(17-3-6-20(29)7-4-17)32-22(24)9-10-25(2)21(24)8-5-18-13-19-14-26(18,25)11-12-27(19,30)15-28/h3-4,6-7,18-19,21-23,28-30H,5,8-16H2,1-2H3/t18-,19?,21-,22+,23-,24-,25-,26-,27-/m0/s1. The molecule has 1 aliphatic heterocycles. The van der Waals surface area contributed by atoms with Gasteiger partial charge >= 0.3 is 0 Å². The molecule has 5 nitrogen and oxygen atoms in total. The second-order valence-electron chi connectivity index (χ2n) is 12.2. The molecule has 6 rings (SSSR count). The number of phenolic OH excluding ortho intramolecular Hbond substituents is 1. The van der Waals surface area contributed by atoms with Crippen LogP contribution < -0.4 is 0 Å². The van der Waals surface area contributed by atoms with Crippen LogP contribution in [0.2, 0.25) is 0 Å². The lowest BCUT2D eigenvalue weighted by Crippen LogP contribution is -2.64. The molecule has 1 aromatic carbocycles. The van der Waals surface area contributed by atoms with E-state index in [1.165, 1.54) is 19.3 Å². The summed E-state index contributed by atoms with van der Waals surface area (Å²) < 4.78 is 13.0. The highest BCUT2D eigenvalue weighted by Gasteiger charge is 2.71. The first-order valence-corrected chi connectivity index (χ1v) is 12.6. The zero-order valence-electron chi connectivity index (χ0n) is 19.4. The molecule has 1 unspecified atom stereocenters. The van der Waals surface area contributed by atoms with Gasteiger partial charge in [-0.15, -0.1) is 0 Å². The number of aliphatic hydroxyl groups excluding tert-OH is 1. The average Bonchev–Trinajstić information content (AvgIpc) is 3.14. The summed E-state index contributed by atoms with van der Waals surface area (Å²) >= 11 is 0. The molecule has 1 heterocycles. The Kier molecular flexibility index (Phi) is 4.64. The molecular formula is C27H38O5. The Bertz CT molecular complexity index is 887. The Hall–Kier alpha value is -1.14. The Morgan fingerprint density at radius 1 is 1.00 bits per heavy atom. The second-order valence-corrected chi connectivity index (χ2v) is 12.2. The van der Waals surface area contributed by atoms with Crippen molar-refractivity contribution in [1.82, 2.24) is 0 Å². The van der Waals surface area contributed by atoms with E-state index < -0.39 is 5.60 Å². The van der Waals surface area contributed by atoms with Crippen LogP contribution in [0.4, 0.5) is 0 Å². The minimum atomic E-state index is -0.871. The molecule has 176 valence electrons. The van der Waals surface area contributed by atoms with Crippen LogP contribution in [0, 0.1) is 34.0 Å². The summed E-state index contributed by atoms with van der Waals surface area (Å²) in [7, 11) is 0. The van der Waals surface area contributed by atoms with E-state index in [9.17, 15) is 15.3 Å². The monoisotopic (exact) mass is 442 g/mol. The van der Waals surface area contributed by atoms with Crippen molar-refractivity contribution in [3.05, 3.63) is 29.8 Å². The van der Waals surface area contributed by atoms with E-state index in [0.717, 1.165) is 37.7 Å². The number of hydrogen-bond acceptors (Lipinski definition) is 5. The lowest BCUT2D eigenvalue weighted by molar-refractivity contribution is -0.320. The van der Waals surface area contributed by atoms with Gasteiger partial charge in [-0.25, -0.2) is 0 Å². The summed E-state index contributed by atoms with van der Waals surface area (Å²) in [5.41, 5.74) is 0.594. The Labute approximate surface area is 191 Å². The average molecular weight is 443 g/mol. The van der Waals surface area contributed by atoms with Crippen molar-refractivity contribution in [1.29, 1.82) is 0 Å². The summed E-state index contributed by atoms with van der Waals surface area (Å²) in [5, 5.41) is 30.6. The number of fused-ring (bicyclic) bond motifs is 4. The second kappa shape index (κ2) is 6.94. The predicted molar refractivity (Wildman–Crippen MR) is 120 cm³/mol. The molecule has 5 heteroatoms. The van der Waals surface area contributed by atoms with Crippen molar-refractivity contribution in [2.24, 2.45) is 34.0 Å². The topological polar surface area (TPSA) is 79.2 Å². The van der Waals surface area contributed by atoms with Gasteiger partial charge in [-0.05, 0) is 92.1 Å². The van der Waals surface area contributed by atoms with Crippen molar-refractivity contribution in [2.45, 2.75) is 83.2 Å². The molecule has 2 bridgehead atoms. The molecule has 1 spiro atoms. The summed E-state index contributed by atoms with van der Waals surface area (Å²) in [6.45, 7) is 5.54. The molecule has 1 saturated heterocycles. The van der Waals surface area contributed by atoms with Crippen molar-refractivity contribution in [3.63, 3.8) is 0 Å². The van der Waals surface area contributed by atoms with Gasteiger partial charge in [0.2, 0.25) is 0 Å². The quantitative estimate of drug-likeness (QED) is 0.626. The third-order valence-electron chi connectivity index (χ3n) is 11.2. The van der Waals surface area contributed by atoms with Crippen molar-refractivity contribution < 1.29 is 24.8 Å². The van der Waals surface area contributed by atoms with Crippen LogP contribution in [-0.2, 0) is 9.47 Å². The molecule has 0 aromatic heterocycles. The highest BCUT2D eigenvalue weighted by molar-refractivity contribution is 5.27.